The lowest BCUT2D eigenvalue weighted by Crippen LogP contribution is -2.14. The summed E-state index contributed by atoms with van der Waals surface area (Å²) in [5.41, 5.74) is 1.01. The molecule has 0 spiro atoms. The normalized spacial score (nSPS) is 17.2. The Bertz CT molecular complexity index is 1010. The Kier molecular flexibility index (Phi) is 5.06. The van der Waals surface area contributed by atoms with E-state index in [1.54, 1.807) is 18.0 Å². The molecule has 0 fully saturated rings. The van der Waals surface area contributed by atoms with Crippen LogP contribution in [0.15, 0.2) is 35.6 Å². The van der Waals surface area contributed by atoms with Crippen LogP contribution < -0.4 is 4.74 Å². The molecule has 140 valence electrons. The highest BCUT2D eigenvalue weighted by Gasteiger charge is 2.19. The van der Waals surface area contributed by atoms with E-state index in [4.69, 9.17) is 16.3 Å². The molecule has 1 atom stereocenters. The zero-order chi connectivity index (χ0) is 19.0. The number of aliphatic imine (C=N–C) groups is 1. The number of benzene rings is 1. The van der Waals surface area contributed by atoms with Crippen molar-refractivity contribution in [3.63, 3.8) is 0 Å². The van der Waals surface area contributed by atoms with Gasteiger partial charge < -0.3 is 9.72 Å². The lowest BCUT2D eigenvalue weighted by molar-refractivity contribution is 0.410. The van der Waals surface area contributed by atoms with Gasteiger partial charge in [-0.05, 0) is 29.7 Å². The van der Waals surface area contributed by atoms with Crippen LogP contribution in [0.2, 0.25) is 5.02 Å². The number of halogens is 3. The minimum atomic E-state index is -0.767. The maximum atomic E-state index is 14.6. The summed E-state index contributed by atoms with van der Waals surface area (Å²) in [5, 5.41) is 1.74. The SMILES string of the molecule is CC1CN=C(Cc2cc(F)c(Oc3ccnc4[nH]cc(Cl)c34)c(F)c2)SC1. The molecule has 0 saturated heterocycles. The number of thioether (sulfide) groups is 1. The molecule has 0 amide bonds. The molecular formula is C19H16ClF2N3OS. The first-order valence-corrected chi connectivity index (χ1v) is 9.81. The molecule has 0 radical (unpaired) electrons. The Balaban J connectivity index is 1.61. The van der Waals surface area contributed by atoms with Gasteiger partial charge in [-0.25, -0.2) is 13.8 Å². The van der Waals surface area contributed by atoms with Gasteiger partial charge in [-0.3, -0.25) is 4.99 Å². The van der Waals surface area contributed by atoms with Crippen LogP contribution in [0.5, 0.6) is 11.5 Å². The van der Waals surface area contributed by atoms with Crippen LogP contribution in [0, 0.1) is 17.6 Å². The largest absolute Gasteiger partial charge is 0.450 e. The lowest BCUT2D eigenvalue weighted by Gasteiger charge is -2.17. The second-order valence-corrected chi connectivity index (χ2v) is 7.99. The average Bonchev–Trinajstić information content (AvgIpc) is 3.02. The molecule has 3 aromatic rings. The molecule has 2 aromatic heterocycles. The predicted octanol–water partition coefficient (Wildman–Crippen LogP) is 5.61. The van der Waals surface area contributed by atoms with Gasteiger partial charge in [0.2, 0.25) is 0 Å². The summed E-state index contributed by atoms with van der Waals surface area (Å²) in [6.45, 7) is 2.88. The van der Waals surface area contributed by atoms with Gasteiger partial charge in [-0.15, -0.1) is 11.8 Å². The number of ether oxygens (including phenoxy) is 1. The molecule has 1 aromatic carbocycles. The fourth-order valence-electron chi connectivity index (χ4n) is 2.87. The van der Waals surface area contributed by atoms with Crippen molar-refractivity contribution in [1.82, 2.24) is 9.97 Å². The van der Waals surface area contributed by atoms with E-state index in [0.717, 1.165) is 17.3 Å². The minimum Gasteiger partial charge on any atom is -0.450 e. The second kappa shape index (κ2) is 7.48. The number of rotatable bonds is 4. The maximum absolute atomic E-state index is 14.6. The summed E-state index contributed by atoms with van der Waals surface area (Å²) in [7, 11) is 0. The molecule has 1 unspecified atom stereocenters. The van der Waals surface area contributed by atoms with E-state index >= 15 is 0 Å². The molecule has 1 N–H and O–H groups in total. The van der Waals surface area contributed by atoms with E-state index in [1.807, 2.05) is 0 Å². The monoisotopic (exact) mass is 407 g/mol. The minimum absolute atomic E-state index is 0.234. The van der Waals surface area contributed by atoms with Gasteiger partial charge >= 0.3 is 0 Å². The van der Waals surface area contributed by atoms with Gasteiger partial charge in [-0.2, -0.15) is 0 Å². The molecule has 27 heavy (non-hydrogen) atoms. The first-order chi connectivity index (χ1) is 13.0. The number of pyridine rings is 1. The van der Waals surface area contributed by atoms with E-state index in [0.29, 0.717) is 34.0 Å². The average molecular weight is 408 g/mol. The first kappa shape index (κ1) is 18.3. The topological polar surface area (TPSA) is 50.3 Å². The van der Waals surface area contributed by atoms with Crippen molar-refractivity contribution < 1.29 is 13.5 Å². The molecule has 1 aliphatic rings. The zero-order valence-electron chi connectivity index (χ0n) is 14.4. The summed E-state index contributed by atoms with van der Waals surface area (Å²) in [6, 6.07) is 4.09. The number of nitrogens with one attached hydrogen (secondary N) is 1. The highest BCUT2D eigenvalue weighted by molar-refractivity contribution is 8.14. The standard InChI is InChI=1S/C19H16ClF2N3OS/c1-10-7-24-16(27-9-10)6-11-4-13(21)18(14(22)5-11)26-15-2-3-23-19-17(15)12(20)8-25-19/h2-5,8,10H,6-7,9H2,1H3,(H,23,25). The van der Waals surface area contributed by atoms with Crippen molar-refractivity contribution in [3.8, 4) is 11.5 Å². The number of hydrogen-bond donors (Lipinski definition) is 1. The van der Waals surface area contributed by atoms with E-state index in [1.165, 1.54) is 24.4 Å². The third-order valence-electron chi connectivity index (χ3n) is 4.23. The van der Waals surface area contributed by atoms with Gasteiger partial charge in [-0.1, -0.05) is 18.5 Å². The van der Waals surface area contributed by atoms with Crippen molar-refractivity contribution >= 4 is 39.4 Å². The molecule has 1 aliphatic heterocycles. The molecule has 3 heterocycles. The Hall–Kier alpha value is -2.12. The van der Waals surface area contributed by atoms with Gasteiger partial charge in [0.05, 0.1) is 15.5 Å². The quantitative estimate of drug-likeness (QED) is 0.611. The fraction of sp³-hybridized carbons (Fsp3) is 0.263. The molecule has 0 saturated carbocycles. The van der Waals surface area contributed by atoms with Gasteiger partial charge in [0.25, 0.3) is 0 Å². The number of hydrogen-bond acceptors (Lipinski definition) is 4. The van der Waals surface area contributed by atoms with Crippen molar-refractivity contribution in [2.75, 3.05) is 12.3 Å². The summed E-state index contributed by atoms with van der Waals surface area (Å²) in [4.78, 5) is 11.5. The van der Waals surface area contributed by atoms with Gasteiger partial charge in [0.1, 0.15) is 11.4 Å². The molecule has 8 heteroatoms. The van der Waals surface area contributed by atoms with Crippen molar-refractivity contribution in [2.45, 2.75) is 13.3 Å². The van der Waals surface area contributed by atoms with E-state index in [9.17, 15) is 8.78 Å². The van der Waals surface area contributed by atoms with Crippen LogP contribution in [-0.4, -0.2) is 27.3 Å². The Morgan fingerprint density at radius 2 is 2.11 bits per heavy atom. The van der Waals surface area contributed by atoms with Crippen LogP contribution in [0.25, 0.3) is 11.0 Å². The highest BCUT2D eigenvalue weighted by atomic mass is 35.5. The number of nitrogens with zero attached hydrogens (tertiary/aromatic N) is 2. The van der Waals surface area contributed by atoms with Crippen LogP contribution in [-0.2, 0) is 6.42 Å². The maximum Gasteiger partial charge on any atom is 0.198 e. The van der Waals surface area contributed by atoms with Gasteiger partial charge in [0.15, 0.2) is 17.4 Å². The molecule has 4 nitrogen and oxygen atoms in total. The van der Waals surface area contributed by atoms with Crippen LogP contribution in [0.4, 0.5) is 8.78 Å². The van der Waals surface area contributed by atoms with Gasteiger partial charge in [0, 0.05) is 31.1 Å². The fourth-order valence-corrected chi connectivity index (χ4v) is 4.13. The van der Waals surface area contributed by atoms with Crippen molar-refractivity contribution in [1.29, 1.82) is 0 Å². The van der Waals surface area contributed by atoms with E-state index in [2.05, 4.69) is 21.9 Å². The summed E-state index contributed by atoms with van der Waals surface area (Å²) < 4.78 is 34.7. The molecule has 0 aliphatic carbocycles. The molecular weight excluding hydrogens is 392 g/mol. The Morgan fingerprint density at radius 3 is 2.81 bits per heavy atom. The number of aromatic nitrogens is 2. The number of fused-ring (bicyclic) bond motifs is 1. The Morgan fingerprint density at radius 1 is 1.33 bits per heavy atom. The first-order valence-electron chi connectivity index (χ1n) is 8.44. The number of H-pyrrole nitrogens is 1. The van der Waals surface area contributed by atoms with E-state index < -0.39 is 17.4 Å². The molecule has 4 rings (SSSR count). The van der Waals surface area contributed by atoms with Crippen molar-refractivity contribution in [2.24, 2.45) is 10.9 Å². The smallest absolute Gasteiger partial charge is 0.198 e. The van der Waals surface area contributed by atoms with Crippen LogP contribution >= 0.6 is 23.4 Å². The summed E-state index contributed by atoms with van der Waals surface area (Å²) in [6.07, 6.45) is 3.44. The third-order valence-corrected chi connectivity index (χ3v) is 5.87. The Labute approximate surface area is 164 Å². The number of aromatic amines is 1. The third kappa shape index (κ3) is 3.80. The van der Waals surface area contributed by atoms with Crippen molar-refractivity contribution in [3.05, 3.63) is 52.8 Å². The summed E-state index contributed by atoms with van der Waals surface area (Å²) in [5.74, 6) is -0.262. The second-order valence-electron chi connectivity index (χ2n) is 6.49. The van der Waals surface area contributed by atoms with E-state index in [-0.39, 0.29) is 5.75 Å². The molecule has 0 bridgehead atoms. The highest BCUT2D eigenvalue weighted by Crippen LogP contribution is 2.36. The predicted molar refractivity (Wildman–Crippen MR) is 105 cm³/mol. The lowest BCUT2D eigenvalue weighted by atomic mass is 10.1. The summed E-state index contributed by atoms with van der Waals surface area (Å²) >= 11 is 7.75. The van der Waals surface area contributed by atoms with Crippen LogP contribution in [0.1, 0.15) is 12.5 Å². The van der Waals surface area contributed by atoms with Crippen LogP contribution in [0.3, 0.4) is 0 Å². The zero-order valence-corrected chi connectivity index (χ0v) is 16.0.